The molecule has 0 atom stereocenters. The first-order valence-electron chi connectivity index (χ1n) is 12.5. The fourth-order valence-corrected chi connectivity index (χ4v) is 5.78. The quantitative estimate of drug-likeness (QED) is 0.244. The second kappa shape index (κ2) is 8.70. The summed E-state index contributed by atoms with van der Waals surface area (Å²) >= 11 is 0. The molecule has 0 fully saturated rings. The summed E-state index contributed by atoms with van der Waals surface area (Å²) in [6.45, 7) is 4.49. The molecule has 0 unspecified atom stereocenters. The summed E-state index contributed by atoms with van der Waals surface area (Å²) in [7, 11) is 1.71. The van der Waals surface area contributed by atoms with Crippen molar-refractivity contribution in [2.45, 2.75) is 19.3 Å². The maximum absolute atomic E-state index is 16.2. The van der Waals surface area contributed by atoms with Crippen molar-refractivity contribution in [3.05, 3.63) is 132 Å². The summed E-state index contributed by atoms with van der Waals surface area (Å²) < 4.78 is 31.0. The molecule has 1 nitrogen and oxygen atoms in total. The normalized spacial score (nSPS) is 13.2. The Balaban J connectivity index is 1.62. The van der Waals surface area contributed by atoms with Crippen LogP contribution in [0.4, 0.5) is 20.2 Å². The topological polar surface area (TPSA) is 3.24 Å². The highest BCUT2D eigenvalue weighted by atomic mass is 19.1. The van der Waals surface area contributed by atoms with Gasteiger partial charge in [0.2, 0.25) is 0 Å². The summed E-state index contributed by atoms with van der Waals surface area (Å²) in [5, 5.41) is 0. The Morgan fingerprint density at radius 3 is 2.00 bits per heavy atom. The molecule has 0 N–H and O–H groups in total. The molecule has 37 heavy (non-hydrogen) atoms. The summed E-state index contributed by atoms with van der Waals surface area (Å²) in [6, 6.07) is 34.7. The monoisotopic (exact) mass is 487 g/mol. The van der Waals surface area contributed by atoms with Crippen LogP contribution < -0.4 is 4.90 Å². The highest BCUT2D eigenvalue weighted by Gasteiger charge is 2.37. The number of anilines is 2. The minimum atomic E-state index is -0.395. The molecule has 1 aliphatic rings. The predicted molar refractivity (Wildman–Crippen MR) is 149 cm³/mol. The van der Waals surface area contributed by atoms with Crippen molar-refractivity contribution in [3.8, 4) is 33.4 Å². The summed E-state index contributed by atoms with van der Waals surface area (Å²) in [5.74, 6) is -0.774. The number of halogens is 2. The third-order valence-corrected chi connectivity index (χ3v) is 7.60. The lowest BCUT2D eigenvalue weighted by atomic mass is 9.78. The van der Waals surface area contributed by atoms with E-state index in [4.69, 9.17) is 0 Å². The molecule has 0 saturated carbocycles. The van der Waals surface area contributed by atoms with E-state index >= 15 is 4.39 Å². The fraction of sp³-hybridized carbons (Fsp3) is 0.118. The zero-order chi connectivity index (χ0) is 25.7. The Labute approximate surface area is 216 Å². The third kappa shape index (κ3) is 3.65. The number of hydrogen-bond donors (Lipinski definition) is 0. The molecule has 0 heterocycles. The lowest BCUT2D eigenvalue weighted by Gasteiger charge is -2.26. The highest BCUT2D eigenvalue weighted by Crippen LogP contribution is 2.52. The number of benzene rings is 5. The molecule has 3 heteroatoms. The molecule has 0 aliphatic heterocycles. The molecule has 0 radical (unpaired) electrons. The molecule has 1 aliphatic carbocycles. The smallest absolute Gasteiger partial charge is 0.154 e. The first-order valence-corrected chi connectivity index (χ1v) is 12.5. The van der Waals surface area contributed by atoms with Crippen molar-refractivity contribution in [1.29, 1.82) is 0 Å². The molecule has 0 bridgehead atoms. The van der Waals surface area contributed by atoms with Gasteiger partial charge in [0.15, 0.2) is 5.82 Å². The van der Waals surface area contributed by atoms with Crippen LogP contribution in [0.5, 0.6) is 0 Å². The van der Waals surface area contributed by atoms with Crippen LogP contribution in [-0.2, 0) is 5.41 Å². The number of rotatable bonds is 4. The van der Waals surface area contributed by atoms with E-state index in [-0.39, 0.29) is 11.2 Å². The van der Waals surface area contributed by atoms with Gasteiger partial charge in [-0.25, -0.2) is 8.78 Å². The van der Waals surface area contributed by atoms with Crippen LogP contribution in [0.3, 0.4) is 0 Å². The zero-order valence-electron chi connectivity index (χ0n) is 21.1. The van der Waals surface area contributed by atoms with E-state index in [1.807, 2.05) is 42.5 Å². The number of fused-ring (bicyclic) bond motifs is 3. The Bertz CT molecular complexity index is 1640. The maximum Gasteiger partial charge on any atom is 0.154 e. The minimum absolute atomic E-state index is 0.221. The molecule has 5 aromatic rings. The van der Waals surface area contributed by atoms with Gasteiger partial charge in [-0.05, 0) is 63.2 Å². The lowest BCUT2D eigenvalue weighted by Crippen LogP contribution is -2.17. The summed E-state index contributed by atoms with van der Waals surface area (Å²) in [5.41, 5.74) is 8.59. The van der Waals surface area contributed by atoms with E-state index in [1.165, 1.54) is 28.3 Å². The van der Waals surface area contributed by atoms with Crippen LogP contribution in [-0.4, -0.2) is 7.05 Å². The molecule has 0 saturated heterocycles. The van der Waals surface area contributed by atoms with Crippen LogP contribution in [0.25, 0.3) is 33.4 Å². The Morgan fingerprint density at radius 2 is 1.22 bits per heavy atom. The van der Waals surface area contributed by atoms with Crippen LogP contribution in [0.15, 0.2) is 109 Å². The van der Waals surface area contributed by atoms with Crippen molar-refractivity contribution in [3.63, 3.8) is 0 Å². The Morgan fingerprint density at radius 1 is 0.568 bits per heavy atom. The third-order valence-electron chi connectivity index (χ3n) is 7.60. The van der Waals surface area contributed by atoms with E-state index in [9.17, 15) is 4.39 Å². The highest BCUT2D eigenvalue weighted by molar-refractivity contribution is 5.90. The van der Waals surface area contributed by atoms with Gasteiger partial charge in [-0.1, -0.05) is 98.8 Å². The molecular weight excluding hydrogens is 460 g/mol. The standard InChI is InChI=1S/C34H27F2N/c1-34(2)28-17-8-7-14-25(28)26-16-11-15-24(32(26)34)23-20-27(22-12-5-4-6-13-22)33(36)31(21-23)37(3)30-19-10-9-18-29(30)35/h4-21H,1-3H3. The predicted octanol–water partition coefficient (Wildman–Crippen LogP) is 9.37. The van der Waals surface area contributed by atoms with Gasteiger partial charge >= 0.3 is 0 Å². The summed E-state index contributed by atoms with van der Waals surface area (Å²) in [6.07, 6.45) is 0. The van der Waals surface area contributed by atoms with Gasteiger partial charge in [0, 0.05) is 18.0 Å². The second-order valence-electron chi connectivity index (χ2n) is 10.1. The van der Waals surface area contributed by atoms with Crippen molar-refractivity contribution in [2.75, 3.05) is 11.9 Å². The van der Waals surface area contributed by atoms with E-state index in [0.29, 0.717) is 16.9 Å². The Kier molecular flexibility index (Phi) is 5.45. The van der Waals surface area contributed by atoms with Crippen molar-refractivity contribution >= 4 is 11.4 Å². The van der Waals surface area contributed by atoms with Gasteiger partial charge in [0.1, 0.15) is 5.82 Å². The molecular formula is C34H27F2N. The minimum Gasteiger partial charge on any atom is -0.340 e. The largest absolute Gasteiger partial charge is 0.340 e. The number of nitrogens with zero attached hydrogens (tertiary/aromatic N) is 1. The Hall–Kier alpha value is -4.24. The van der Waals surface area contributed by atoms with Crippen molar-refractivity contribution in [2.24, 2.45) is 0 Å². The second-order valence-corrected chi connectivity index (χ2v) is 10.1. The molecule has 0 amide bonds. The van der Waals surface area contributed by atoms with Crippen molar-refractivity contribution < 1.29 is 8.78 Å². The first kappa shape index (κ1) is 23.2. The van der Waals surface area contributed by atoms with Crippen LogP contribution in [0.2, 0.25) is 0 Å². The van der Waals surface area contributed by atoms with Gasteiger partial charge in [-0.2, -0.15) is 0 Å². The van der Waals surface area contributed by atoms with E-state index in [1.54, 1.807) is 30.1 Å². The average Bonchev–Trinajstić information content (AvgIpc) is 3.16. The number of para-hydroxylation sites is 1. The number of hydrogen-bond acceptors (Lipinski definition) is 1. The van der Waals surface area contributed by atoms with E-state index < -0.39 is 5.82 Å². The molecule has 0 spiro atoms. The molecule has 5 aromatic carbocycles. The van der Waals surface area contributed by atoms with Crippen LogP contribution in [0.1, 0.15) is 25.0 Å². The summed E-state index contributed by atoms with van der Waals surface area (Å²) in [4.78, 5) is 1.60. The SMILES string of the molecule is CN(c1ccccc1F)c1cc(-c2cccc3c2C(C)(C)c2ccccc2-3)cc(-c2ccccc2)c1F. The van der Waals surface area contributed by atoms with Crippen LogP contribution >= 0.6 is 0 Å². The lowest BCUT2D eigenvalue weighted by molar-refractivity contribution is 0.619. The van der Waals surface area contributed by atoms with Gasteiger partial charge in [0.25, 0.3) is 0 Å². The maximum atomic E-state index is 16.2. The molecule has 182 valence electrons. The zero-order valence-corrected chi connectivity index (χ0v) is 21.1. The van der Waals surface area contributed by atoms with Crippen LogP contribution in [0, 0.1) is 11.6 Å². The average molecular weight is 488 g/mol. The van der Waals surface area contributed by atoms with Gasteiger partial charge in [-0.15, -0.1) is 0 Å². The molecule has 0 aromatic heterocycles. The van der Waals surface area contributed by atoms with Crippen molar-refractivity contribution in [1.82, 2.24) is 0 Å². The van der Waals surface area contributed by atoms with E-state index in [0.717, 1.165) is 16.7 Å². The fourth-order valence-electron chi connectivity index (χ4n) is 5.78. The van der Waals surface area contributed by atoms with Gasteiger partial charge < -0.3 is 4.90 Å². The van der Waals surface area contributed by atoms with E-state index in [2.05, 4.69) is 56.3 Å². The van der Waals surface area contributed by atoms with Gasteiger partial charge in [0.05, 0.1) is 11.4 Å². The van der Waals surface area contributed by atoms with Gasteiger partial charge in [-0.3, -0.25) is 0 Å². The first-order chi connectivity index (χ1) is 17.9. The molecule has 6 rings (SSSR count).